The number of aromatic nitrogens is 4. The molecule has 0 fully saturated rings. The maximum Gasteiger partial charge on any atom is 0.247 e. The second-order valence-corrected chi connectivity index (χ2v) is 7.23. The number of halogens is 1. The van der Waals surface area contributed by atoms with Crippen molar-refractivity contribution in [2.45, 2.75) is 27.3 Å². The van der Waals surface area contributed by atoms with Crippen molar-refractivity contribution in [2.24, 2.45) is 0 Å². The molecule has 4 aromatic rings. The molecule has 0 amide bonds. The first-order valence-electron chi connectivity index (χ1n) is 9.09. The third kappa shape index (κ3) is 3.65. The van der Waals surface area contributed by atoms with Gasteiger partial charge in [0.2, 0.25) is 11.8 Å². The standard InChI is InChI=1S/C22H18ClN5O/c1-13-21(17-6-4-16(11-24)5-7-17)14(2)28(27-13)12-19-9-8-18(10-20(19)23)22-26-25-15(3)29-22/h4-10H,12H2,1-3H3. The van der Waals surface area contributed by atoms with Gasteiger partial charge in [-0.1, -0.05) is 29.8 Å². The van der Waals surface area contributed by atoms with Gasteiger partial charge in [0.05, 0.1) is 23.9 Å². The molecule has 2 aromatic carbocycles. The second kappa shape index (κ2) is 7.53. The third-order valence-electron chi connectivity index (χ3n) is 4.83. The summed E-state index contributed by atoms with van der Waals surface area (Å²) in [6.45, 7) is 6.32. The van der Waals surface area contributed by atoms with Crippen LogP contribution in [0, 0.1) is 32.1 Å². The fourth-order valence-electron chi connectivity index (χ4n) is 3.36. The van der Waals surface area contributed by atoms with Crippen LogP contribution in [0.5, 0.6) is 0 Å². The van der Waals surface area contributed by atoms with Crippen LogP contribution in [0.1, 0.15) is 28.4 Å². The molecule has 29 heavy (non-hydrogen) atoms. The average Bonchev–Trinajstić information content (AvgIpc) is 3.26. The summed E-state index contributed by atoms with van der Waals surface area (Å²) in [4.78, 5) is 0. The quantitative estimate of drug-likeness (QED) is 0.473. The van der Waals surface area contributed by atoms with E-state index >= 15 is 0 Å². The lowest BCUT2D eigenvalue weighted by Crippen LogP contribution is -2.04. The number of nitrogens with zero attached hydrogens (tertiary/aromatic N) is 5. The van der Waals surface area contributed by atoms with Crippen molar-refractivity contribution >= 4 is 11.6 Å². The van der Waals surface area contributed by atoms with E-state index in [2.05, 4.69) is 16.3 Å². The Kier molecular flexibility index (Phi) is 4.91. The van der Waals surface area contributed by atoms with E-state index < -0.39 is 0 Å². The molecule has 7 heteroatoms. The Balaban J connectivity index is 1.64. The third-order valence-corrected chi connectivity index (χ3v) is 5.18. The molecule has 0 aliphatic heterocycles. The van der Waals surface area contributed by atoms with Crippen molar-refractivity contribution in [3.8, 4) is 28.7 Å². The van der Waals surface area contributed by atoms with Crippen molar-refractivity contribution in [1.82, 2.24) is 20.0 Å². The summed E-state index contributed by atoms with van der Waals surface area (Å²) in [6.07, 6.45) is 0. The Morgan fingerprint density at radius 3 is 2.38 bits per heavy atom. The molecule has 0 atom stereocenters. The molecule has 6 nitrogen and oxygen atoms in total. The maximum absolute atomic E-state index is 9.00. The summed E-state index contributed by atoms with van der Waals surface area (Å²) in [7, 11) is 0. The van der Waals surface area contributed by atoms with Gasteiger partial charge in [0.1, 0.15) is 0 Å². The first kappa shape index (κ1) is 18.9. The lowest BCUT2D eigenvalue weighted by atomic mass is 10.0. The minimum Gasteiger partial charge on any atom is -0.421 e. The molecule has 0 bridgehead atoms. The molecule has 0 unspecified atom stereocenters. The smallest absolute Gasteiger partial charge is 0.247 e. The number of rotatable bonds is 4. The van der Waals surface area contributed by atoms with Crippen LogP contribution in [0.25, 0.3) is 22.6 Å². The Morgan fingerprint density at radius 2 is 1.76 bits per heavy atom. The molecule has 2 heterocycles. The van der Waals surface area contributed by atoms with Crippen LogP contribution >= 0.6 is 11.6 Å². The molecule has 0 N–H and O–H groups in total. The van der Waals surface area contributed by atoms with Gasteiger partial charge in [-0.25, -0.2) is 0 Å². The van der Waals surface area contributed by atoms with Crippen LogP contribution in [0.4, 0.5) is 0 Å². The zero-order valence-electron chi connectivity index (χ0n) is 16.3. The summed E-state index contributed by atoms with van der Waals surface area (Å²) in [5.74, 6) is 0.961. The van der Waals surface area contributed by atoms with E-state index in [1.165, 1.54) is 0 Å². The minimum atomic E-state index is 0.449. The lowest BCUT2D eigenvalue weighted by molar-refractivity contribution is 0.532. The van der Waals surface area contributed by atoms with Crippen molar-refractivity contribution < 1.29 is 4.42 Å². The maximum atomic E-state index is 9.00. The number of nitriles is 1. The van der Waals surface area contributed by atoms with Crippen LogP contribution in [-0.2, 0) is 6.54 Å². The zero-order chi connectivity index (χ0) is 20.5. The highest BCUT2D eigenvalue weighted by molar-refractivity contribution is 6.31. The van der Waals surface area contributed by atoms with E-state index in [4.69, 9.17) is 26.4 Å². The molecular weight excluding hydrogens is 386 g/mol. The Morgan fingerprint density at radius 1 is 1.03 bits per heavy atom. The van der Waals surface area contributed by atoms with Crippen LogP contribution in [0.3, 0.4) is 0 Å². The summed E-state index contributed by atoms with van der Waals surface area (Å²) in [5.41, 5.74) is 6.46. The van der Waals surface area contributed by atoms with E-state index in [1.807, 2.05) is 61.0 Å². The topological polar surface area (TPSA) is 80.5 Å². The molecule has 2 aromatic heterocycles. The van der Waals surface area contributed by atoms with Crippen LogP contribution in [0.15, 0.2) is 46.9 Å². The van der Waals surface area contributed by atoms with Gasteiger partial charge in [0.15, 0.2) is 0 Å². The predicted octanol–water partition coefficient (Wildman–Crippen LogP) is 5.10. The molecule has 0 saturated carbocycles. The molecule has 144 valence electrons. The normalized spacial score (nSPS) is 10.9. The highest BCUT2D eigenvalue weighted by Gasteiger charge is 2.15. The molecule has 4 rings (SSSR count). The summed E-state index contributed by atoms with van der Waals surface area (Å²) in [5, 5.41) is 22.2. The van der Waals surface area contributed by atoms with E-state index in [-0.39, 0.29) is 0 Å². The van der Waals surface area contributed by atoms with E-state index in [9.17, 15) is 0 Å². The van der Waals surface area contributed by atoms with Gasteiger partial charge in [-0.15, -0.1) is 10.2 Å². The van der Waals surface area contributed by atoms with Gasteiger partial charge in [-0.3, -0.25) is 4.68 Å². The van der Waals surface area contributed by atoms with E-state index in [0.29, 0.717) is 28.9 Å². The van der Waals surface area contributed by atoms with Crippen molar-refractivity contribution in [3.05, 3.63) is 75.9 Å². The van der Waals surface area contributed by atoms with E-state index in [1.54, 1.807) is 6.92 Å². The fourth-order valence-corrected chi connectivity index (χ4v) is 3.60. The molecule has 0 aliphatic carbocycles. The monoisotopic (exact) mass is 403 g/mol. The first-order chi connectivity index (χ1) is 14.0. The molecule has 0 spiro atoms. The largest absolute Gasteiger partial charge is 0.421 e. The fraction of sp³-hybridized carbons (Fsp3) is 0.182. The van der Waals surface area contributed by atoms with Crippen molar-refractivity contribution in [1.29, 1.82) is 5.26 Å². The zero-order valence-corrected chi connectivity index (χ0v) is 17.0. The lowest BCUT2D eigenvalue weighted by Gasteiger charge is -2.09. The molecule has 0 aliphatic rings. The van der Waals surface area contributed by atoms with Gasteiger partial charge in [-0.2, -0.15) is 10.4 Å². The molecular formula is C22H18ClN5O. The number of aryl methyl sites for hydroxylation is 2. The summed E-state index contributed by atoms with van der Waals surface area (Å²) >= 11 is 6.52. The van der Waals surface area contributed by atoms with Gasteiger partial charge in [0.25, 0.3) is 0 Å². The number of hydrogen-bond donors (Lipinski definition) is 0. The van der Waals surface area contributed by atoms with Gasteiger partial charge >= 0.3 is 0 Å². The Bertz CT molecular complexity index is 1230. The first-order valence-corrected chi connectivity index (χ1v) is 9.47. The van der Waals surface area contributed by atoms with E-state index in [0.717, 1.165) is 33.6 Å². The van der Waals surface area contributed by atoms with Crippen LogP contribution < -0.4 is 0 Å². The summed E-state index contributed by atoms with van der Waals surface area (Å²) in [6, 6.07) is 15.4. The predicted molar refractivity (Wildman–Crippen MR) is 110 cm³/mol. The van der Waals surface area contributed by atoms with Gasteiger partial charge in [0, 0.05) is 28.8 Å². The van der Waals surface area contributed by atoms with Crippen molar-refractivity contribution in [3.63, 3.8) is 0 Å². The number of hydrogen-bond acceptors (Lipinski definition) is 5. The minimum absolute atomic E-state index is 0.449. The highest BCUT2D eigenvalue weighted by Crippen LogP contribution is 2.29. The SMILES string of the molecule is Cc1nnc(-c2ccc(Cn3nc(C)c(-c4ccc(C#N)cc4)c3C)c(Cl)c2)o1. The average molecular weight is 404 g/mol. The van der Waals surface area contributed by atoms with Gasteiger partial charge < -0.3 is 4.42 Å². The number of benzene rings is 2. The van der Waals surface area contributed by atoms with Crippen LogP contribution in [-0.4, -0.2) is 20.0 Å². The molecule has 0 radical (unpaired) electrons. The molecule has 0 saturated heterocycles. The van der Waals surface area contributed by atoms with Crippen molar-refractivity contribution in [2.75, 3.05) is 0 Å². The summed E-state index contributed by atoms with van der Waals surface area (Å²) < 4.78 is 7.41. The Hall–Kier alpha value is -3.43. The Labute approximate surface area is 173 Å². The van der Waals surface area contributed by atoms with Crippen LogP contribution in [0.2, 0.25) is 5.02 Å². The van der Waals surface area contributed by atoms with Gasteiger partial charge in [-0.05, 0) is 49.2 Å². The highest BCUT2D eigenvalue weighted by atomic mass is 35.5. The second-order valence-electron chi connectivity index (χ2n) is 6.83.